The molecule has 0 spiro atoms. The second kappa shape index (κ2) is 7.35. The van der Waals surface area contributed by atoms with Gasteiger partial charge in [-0.15, -0.1) is 11.3 Å². The van der Waals surface area contributed by atoms with Gasteiger partial charge in [0.15, 0.2) is 11.5 Å². The number of carbonyl (C=O) groups is 1. The Morgan fingerprint density at radius 2 is 1.86 bits per heavy atom. The second-order valence-corrected chi connectivity index (χ2v) is 8.62. The van der Waals surface area contributed by atoms with E-state index in [2.05, 4.69) is 22.1 Å². The van der Waals surface area contributed by atoms with Crippen LogP contribution in [-0.4, -0.2) is 64.9 Å². The first-order valence-electron chi connectivity index (χ1n) is 9.92. The molecule has 2 aliphatic heterocycles. The lowest BCUT2D eigenvalue weighted by Gasteiger charge is -2.34. The van der Waals surface area contributed by atoms with Crippen molar-refractivity contribution < 1.29 is 14.3 Å². The minimum atomic E-state index is 0.129. The first kappa shape index (κ1) is 18.4. The van der Waals surface area contributed by atoms with Crippen LogP contribution in [0.15, 0.2) is 24.3 Å². The number of amides is 1. The van der Waals surface area contributed by atoms with Crippen LogP contribution in [0.25, 0.3) is 10.2 Å². The fourth-order valence-corrected chi connectivity index (χ4v) is 5.11. The van der Waals surface area contributed by atoms with Crippen LogP contribution in [-0.2, 0) is 13.6 Å². The molecule has 1 fully saturated rings. The van der Waals surface area contributed by atoms with Crippen LogP contribution in [0.2, 0.25) is 0 Å². The van der Waals surface area contributed by atoms with Gasteiger partial charge in [-0.25, -0.2) is 0 Å². The molecule has 1 saturated heterocycles. The van der Waals surface area contributed by atoms with E-state index >= 15 is 0 Å². The van der Waals surface area contributed by atoms with Gasteiger partial charge in [-0.1, -0.05) is 6.07 Å². The smallest absolute Gasteiger partial charge is 0.264 e. The molecule has 2 aliphatic rings. The summed E-state index contributed by atoms with van der Waals surface area (Å²) in [5.41, 5.74) is 2.18. The van der Waals surface area contributed by atoms with Crippen LogP contribution >= 0.6 is 11.3 Å². The van der Waals surface area contributed by atoms with Crippen LogP contribution in [0.5, 0.6) is 11.5 Å². The van der Waals surface area contributed by atoms with Crippen LogP contribution in [0.3, 0.4) is 0 Å². The molecule has 4 heterocycles. The predicted octanol–water partition coefficient (Wildman–Crippen LogP) is 2.67. The summed E-state index contributed by atoms with van der Waals surface area (Å²) in [4.78, 5) is 19.2. The lowest BCUT2D eigenvalue weighted by Crippen LogP contribution is -2.48. The van der Waals surface area contributed by atoms with Crippen molar-refractivity contribution in [3.63, 3.8) is 0 Å². The molecule has 7 nitrogen and oxygen atoms in total. The molecular weight excluding hydrogens is 388 g/mol. The highest BCUT2D eigenvalue weighted by atomic mass is 32.1. The number of fused-ring (bicyclic) bond motifs is 2. The third-order valence-corrected chi connectivity index (χ3v) is 6.77. The van der Waals surface area contributed by atoms with Gasteiger partial charge in [-0.2, -0.15) is 5.10 Å². The number of aromatic nitrogens is 2. The van der Waals surface area contributed by atoms with Gasteiger partial charge in [0.25, 0.3) is 5.91 Å². The summed E-state index contributed by atoms with van der Waals surface area (Å²) in [6.45, 7) is 7.27. The van der Waals surface area contributed by atoms with E-state index < -0.39 is 0 Å². The molecule has 2 aromatic heterocycles. The van der Waals surface area contributed by atoms with Gasteiger partial charge in [-0.3, -0.25) is 14.4 Å². The zero-order valence-corrected chi connectivity index (χ0v) is 17.5. The maximum atomic E-state index is 13.0. The summed E-state index contributed by atoms with van der Waals surface area (Å²) in [6.07, 6.45) is 0. The number of piperazine rings is 1. The first-order valence-corrected chi connectivity index (χ1v) is 10.7. The third kappa shape index (κ3) is 3.47. The molecular formula is C21H24N4O3S. The van der Waals surface area contributed by atoms with E-state index in [1.54, 1.807) is 0 Å². The number of aryl methyl sites for hydroxylation is 2. The second-order valence-electron chi connectivity index (χ2n) is 7.58. The lowest BCUT2D eigenvalue weighted by molar-refractivity contribution is 0.0633. The quantitative estimate of drug-likeness (QED) is 0.662. The Bertz CT molecular complexity index is 1030. The third-order valence-electron chi connectivity index (χ3n) is 5.58. The van der Waals surface area contributed by atoms with Crippen molar-refractivity contribution in [2.45, 2.75) is 13.5 Å². The summed E-state index contributed by atoms with van der Waals surface area (Å²) in [5, 5.41) is 5.50. The summed E-state index contributed by atoms with van der Waals surface area (Å²) >= 11 is 1.53. The predicted molar refractivity (Wildman–Crippen MR) is 112 cm³/mol. The fraction of sp³-hybridized carbons (Fsp3) is 0.429. The molecule has 0 aliphatic carbocycles. The number of nitrogens with zero attached hydrogens (tertiary/aromatic N) is 4. The minimum absolute atomic E-state index is 0.129. The molecule has 0 unspecified atom stereocenters. The highest BCUT2D eigenvalue weighted by Gasteiger charge is 2.25. The van der Waals surface area contributed by atoms with E-state index in [1.807, 2.05) is 35.7 Å². The number of hydrogen-bond acceptors (Lipinski definition) is 6. The average molecular weight is 413 g/mol. The summed E-state index contributed by atoms with van der Waals surface area (Å²) < 4.78 is 13.1. The molecule has 8 heteroatoms. The van der Waals surface area contributed by atoms with Gasteiger partial charge >= 0.3 is 0 Å². The molecule has 152 valence electrons. The van der Waals surface area contributed by atoms with Crippen LogP contribution in [0, 0.1) is 6.92 Å². The Morgan fingerprint density at radius 1 is 1.10 bits per heavy atom. The monoisotopic (exact) mass is 412 g/mol. The largest absolute Gasteiger partial charge is 0.486 e. The van der Waals surface area contributed by atoms with E-state index in [-0.39, 0.29) is 5.91 Å². The standard InChI is InChI=1S/C21H24N4O3S/c1-14-16-12-19(29-21(16)23(2)22-14)20(26)25-7-5-24(6-8-25)13-15-3-4-17-18(11-15)28-10-9-27-17/h3-4,11-12H,5-10,13H2,1-2H3. The van der Waals surface area contributed by atoms with Gasteiger partial charge in [0.2, 0.25) is 0 Å². The Labute approximate surface area is 173 Å². The van der Waals surface area contributed by atoms with E-state index in [0.717, 1.165) is 65.0 Å². The van der Waals surface area contributed by atoms with E-state index in [4.69, 9.17) is 9.47 Å². The number of carbonyl (C=O) groups excluding carboxylic acids is 1. The molecule has 0 saturated carbocycles. The molecule has 5 rings (SSSR count). The Hall–Kier alpha value is -2.58. The van der Waals surface area contributed by atoms with Gasteiger partial charge in [0, 0.05) is 45.2 Å². The normalized spacial score (nSPS) is 17.1. The van der Waals surface area contributed by atoms with E-state index in [9.17, 15) is 4.79 Å². The highest BCUT2D eigenvalue weighted by Crippen LogP contribution is 2.31. The summed E-state index contributed by atoms with van der Waals surface area (Å²) in [6, 6.07) is 8.15. The topological polar surface area (TPSA) is 59.8 Å². The summed E-state index contributed by atoms with van der Waals surface area (Å²) in [5.74, 6) is 1.78. The number of rotatable bonds is 3. The van der Waals surface area contributed by atoms with E-state index in [0.29, 0.717) is 13.2 Å². The Kier molecular flexibility index (Phi) is 4.67. The maximum Gasteiger partial charge on any atom is 0.264 e. The molecule has 0 N–H and O–H groups in total. The van der Waals surface area contributed by atoms with Crippen LogP contribution in [0.4, 0.5) is 0 Å². The molecule has 0 bridgehead atoms. The van der Waals surface area contributed by atoms with Gasteiger partial charge in [0.05, 0.1) is 10.6 Å². The molecule has 3 aromatic rings. The molecule has 1 amide bonds. The van der Waals surface area contributed by atoms with Crippen LogP contribution in [0.1, 0.15) is 20.9 Å². The summed E-state index contributed by atoms with van der Waals surface area (Å²) in [7, 11) is 1.93. The highest BCUT2D eigenvalue weighted by molar-refractivity contribution is 7.20. The molecule has 0 radical (unpaired) electrons. The average Bonchev–Trinajstić information content (AvgIpc) is 3.29. The van der Waals surface area contributed by atoms with Crippen molar-refractivity contribution in [2.24, 2.45) is 7.05 Å². The van der Waals surface area contributed by atoms with Crippen molar-refractivity contribution in [2.75, 3.05) is 39.4 Å². The van der Waals surface area contributed by atoms with Gasteiger partial charge in [-0.05, 0) is 30.7 Å². The molecule has 29 heavy (non-hydrogen) atoms. The number of hydrogen-bond donors (Lipinski definition) is 0. The van der Waals surface area contributed by atoms with Crippen molar-refractivity contribution in [3.8, 4) is 11.5 Å². The number of benzene rings is 1. The van der Waals surface area contributed by atoms with Crippen molar-refractivity contribution in [1.29, 1.82) is 0 Å². The number of thiophene rings is 1. The van der Waals surface area contributed by atoms with E-state index in [1.165, 1.54) is 16.9 Å². The number of ether oxygens (including phenoxy) is 2. The molecule has 0 atom stereocenters. The Balaban J connectivity index is 1.22. The zero-order valence-electron chi connectivity index (χ0n) is 16.7. The fourth-order valence-electron chi connectivity index (χ4n) is 4.02. The first-order chi connectivity index (χ1) is 14.1. The minimum Gasteiger partial charge on any atom is -0.486 e. The Morgan fingerprint density at radius 3 is 2.62 bits per heavy atom. The van der Waals surface area contributed by atoms with Gasteiger partial charge in [0.1, 0.15) is 18.0 Å². The molecule has 1 aromatic carbocycles. The zero-order chi connectivity index (χ0) is 20.0. The SMILES string of the molecule is Cc1nn(C)c2sc(C(=O)N3CCN(Cc4ccc5c(c4)OCCO5)CC3)cc12. The maximum absolute atomic E-state index is 13.0. The van der Waals surface area contributed by atoms with Crippen molar-refractivity contribution in [3.05, 3.63) is 40.4 Å². The van der Waals surface area contributed by atoms with Gasteiger partial charge < -0.3 is 14.4 Å². The van der Waals surface area contributed by atoms with Crippen molar-refractivity contribution in [1.82, 2.24) is 19.6 Å². The van der Waals surface area contributed by atoms with Crippen LogP contribution < -0.4 is 9.47 Å². The van der Waals surface area contributed by atoms with Crippen molar-refractivity contribution >= 4 is 27.5 Å². The lowest BCUT2D eigenvalue weighted by atomic mass is 10.1.